The van der Waals surface area contributed by atoms with Crippen LogP contribution in [0.4, 0.5) is 0 Å². The summed E-state index contributed by atoms with van der Waals surface area (Å²) < 4.78 is 7.37. The Morgan fingerprint density at radius 3 is 3.00 bits per heavy atom. The van der Waals surface area contributed by atoms with Crippen LogP contribution in [0.5, 0.6) is 0 Å². The third-order valence-corrected chi connectivity index (χ3v) is 3.32. The maximum absolute atomic E-state index is 5.22. The van der Waals surface area contributed by atoms with Crippen LogP contribution in [0.3, 0.4) is 0 Å². The first kappa shape index (κ1) is 12.0. The van der Waals surface area contributed by atoms with E-state index in [0.717, 1.165) is 24.6 Å². The van der Waals surface area contributed by atoms with Crippen molar-refractivity contribution >= 4 is 10.9 Å². The maximum Gasteiger partial charge on any atom is 0.226 e. The Morgan fingerprint density at radius 2 is 2.16 bits per heavy atom. The third-order valence-electron chi connectivity index (χ3n) is 3.32. The van der Waals surface area contributed by atoms with Gasteiger partial charge in [0.25, 0.3) is 0 Å². The van der Waals surface area contributed by atoms with Gasteiger partial charge >= 0.3 is 0 Å². The average Bonchev–Trinajstić information content (AvgIpc) is 3.00. The van der Waals surface area contributed by atoms with E-state index in [0.29, 0.717) is 6.54 Å². The molecule has 0 N–H and O–H groups in total. The second kappa shape index (κ2) is 4.88. The van der Waals surface area contributed by atoms with E-state index in [1.54, 1.807) is 0 Å². The lowest BCUT2D eigenvalue weighted by Gasteiger charge is -2.02. The Kier molecular flexibility index (Phi) is 3.07. The number of hydrogen-bond donors (Lipinski definition) is 0. The van der Waals surface area contributed by atoms with Gasteiger partial charge in [0.2, 0.25) is 5.89 Å². The molecular formula is C15H17N3O. The molecule has 4 heteroatoms. The van der Waals surface area contributed by atoms with Crippen molar-refractivity contribution in [3.8, 4) is 0 Å². The summed E-state index contributed by atoms with van der Waals surface area (Å²) in [6, 6.07) is 8.46. The van der Waals surface area contributed by atoms with E-state index in [1.807, 2.05) is 0 Å². The maximum atomic E-state index is 5.22. The van der Waals surface area contributed by atoms with Crippen LogP contribution in [-0.4, -0.2) is 14.7 Å². The zero-order chi connectivity index (χ0) is 13.2. The van der Waals surface area contributed by atoms with Gasteiger partial charge in [-0.1, -0.05) is 24.2 Å². The molecule has 0 aliphatic rings. The highest BCUT2D eigenvalue weighted by atomic mass is 16.5. The Bertz CT molecular complexity index is 696. The normalized spacial score (nSPS) is 11.3. The van der Waals surface area contributed by atoms with Gasteiger partial charge in [0, 0.05) is 23.5 Å². The number of rotatable bonds is 4. The summed E-state index contributed by atoms with van der Waals surface area (Å²) in [5, 5.41) is 5.31. The SMILES string of the molecule is CCCc1nc(Cn2ccc3c(C)cccc32)no1. The summed E-state index contributed by atoms with van der Waals surface area (Å²) in [7, 11) is 0. The number of benzene rings is 1. The first-order chi connectivity index (χ1) is 9.28. The van der Waals surface area contributed by atoms with Gasteiger partial charge in [-0.2, -0.15) is 4.98 Å². The molecule has 3 aromatic rings. The summed E-state index contributed by atoms with van der Waals surface area (Å²) >= 11 is 0. The first-order valence-corrected chi connectivity index (χ1v) is 6.64. The topological polar surface area (TPSA) is 43.9 Å². The van der Waals surface area contributed by atoms with E-state index in [1.165, 1.54) is 16.5 Å². The van der Waals surface area contributed by atoms with Crippen LogP contribution in [0.15, 0.2) is 35.0 Å². The fourth-order valence-corrected chi connectivity index (χ4v) is 2.34. The molecule has 0 unspecified atom stereocenters. The molecule has 0 amide bonds. The molecule has 4 nitrogen and oxygen atoms in total. The number of aromatic nitrogens is 3. The Hall–Kier alpha value is -2.10. The van der Waals surface area contributed by atoms with E-state index in [9.17, 15) is 0 Å². The molecule has 0 bridgehead atoms. The third kappa shape index (κ3) is 2.26. The molecule has 2 heterocycles. The standard InChI is InChI=1S/C15H17N3O/c1-3-5-15-16-14(17-19-15)10-18-9-8-12-11(2)6-4-7-13(12)18/h4,6-9H,3,5,10H2,1-2H3. The van der Waals surface area contributed by atoms with Gasteiger partial charge in [0.15, 0.2) is 5.82 Å². The monoisotopic (exact) mass is 255 g/mol. The van der Waals surface area contributed by atoms with Crippen LogP contribution in [0.2, 0.25) is 0 Å². The smallest absolute Gasteiger partial charge is 0.226 e. The van der Waals surface area contributed by atoms with E-state index >= 15 is 0 Å². The summed E-state index contributed by atoms with van der Waals surface area (Å²) in [5.74, 6) is 1.47. The van der Waals surface area contributed by atoms with Gasteiger partial charge < -0.3 is 9.09 Å². The summed E-state index contributed by atoms with van der Waals surface area (Å²) in [6.07, 6.45) is 3.94. The summed E-state index contributed by atoms with van der Waals surface area (Å²) in [6.45, 7) is 4.88. The van der Waals surface area contributed by atoms with Crippen LogP contribution in [-0.2, 0) is 13.0 Å². The van der Waals surface area contributed by atoms with Gasteiger partial charge in [0.05, 0.1) is 6.54 Å². The van der Waals surface area contributed by atoms with Crippen LogP contribution in [0.25, 0.3) is 10.9 Å². The Balaban J connectivity index is 1.90. The second-order valence-corrected chi connectivity index (χ2v) is 4.81. The lowest BCUT2D eigenvalue weighted by Crippen LogP contribution is -2.00. The lowest BCUT2D eigenvalue weighted by atomic mass is 10.1. The number of fused-ring (bicyclic) bond motifs is 1. The molecule has 1 aromatic carbocycles. The molecule has 2 aromatic heterocycles. The Labute approximate surface area is 112 Å². The van der Waals surface area contributed by atoms with Crippen molar-refractivity contribution < 1.29 is 4.52 Å². The molecule has 0 radical (unpaired) electrons. The van der Waals surface area contributed by atoms with Crippen LogP contribution in [0, 0.1) is 6.92 Å². The van der Waals surface area contributed by atoms with Crippen molar-refractivity contribution in [3.05, 3.63) is 47.7 Å². The molecule has 0 aliphatic carbocycles. The van der Waals surface area contributed by atoms with E-state index in [4.69, 9.17) is 4.52 Å². The Morgan fingerprint density at radius 1 is 1.26 bits per heavy atom. The largest absolute Gasteiger partial charge is 0.340 e. The fraction of sp³-hybridized carbons (Fsp3) is 0.333. The molecule has 0 fully saturated rings. The number of nitrogens with zero attached hydrogens (tertiary/aromatic N) is 3. The number of aryl methyl sites for hydroxylation is 2. The summed E-state index contributed by atoms with van der Waals surface area (Å²) in [5.41, 5.74) is 2.50. The predicted molar refractivity (Wildman–Crippen MR) is 74.1 cm³/mol. The molecule has 19 heavy (non-hydrogen) atoms. The molecule has 0 saturated heterocycles. The van der Waals surface area contributed by atoms with E-state index in [-0.39, 0.29) is 0 Å². The summed E-state index contributed by atoms with van der Waals surface area (Å²) in [4.78, 5) is 4.41. The van der Waals surface area contributed by atoms with Crippen LogP contribution in [0.1, 0.15) is 30.6 Å². The van der Waals surface area contributed by atoms with Crippen molar-refractivity contribution in [3.63, 3.8) is 0 Å². The van der Waals surface area contributed by atoms with Crippen molar-refractivity contribution in [1.29, 1.82) is 0 Å². The van der Waals surface area contributed by atoms with Crippen molar-refractivity contribution in [2.75, 3.05) is 0 Å². The highest BCUT2D eigenvalue weighted by molar-refractivity contribution is 5.83. The molecule has 0 spiro atoms. The molecule has 98 valence electrons. The van der Waals surface area contributed by atoms with Gasteiger partial charge in [-0.05, 0) is 31.0 Å². The lowest BCUT2D eigenvalue weighted by molar-refractivity contribution is 0.371. The minimum absolute atomic E-state index is 0.653. The highest BCUT2D eigenvalue weighted by Gasteiger charge is 2.08. The molecule has 0 atom stereocenters. The molecule has 0 aliphatic heterocycles. The van der Waals surface area contributed by atoms with Crippen LogP contribution < -0.4 is 0 Å². The molecular weight excluding hydrogens is 238 g/mol. The van der Waals surface area contributed by atoms with Crippen molar-refractivity contribution in [1.82, 2.24) is 14.7 Å². The number of hydrogen-bond acceptors (Lipinski definition) is 3. The highest BCUT2D eigenvalue weighted by Crippen LogP contribution is 2.20. The van der Waals surface area contributed by atoms with E-state index < -0.39 is 0 Å². The van der Waals surface area contributed by atoms with Gasteiger partial charge in [-0.3, -0.25) is 0 Å². The zero-order valence-corrected chi connectivity index (χ0v) is 11.3. The van der Waals surface area contributed by atoms with Crippen molar-refractivity contribution in [2.45, 2.75) is 33.2 Å². The average molecular weight is 255 g/mol. The molecule has 0 saturated carbocycles. The van der Waals surface area contributed by atoms with Gasteiger partial charge in [-0.15, -0.1) is 0 Å². The fourth-order valence-electron chi connectivity index (χ4n) is 2.34. The molecule has 3 rings (SSSR count). The second-order valence-electron chi connectivity index (χ2n) is 4.81. The van der Waals surface area contributed by atoms with Gasteiger partial charge in [0.1, 0.15) is 0 Å². The predicted octanol–water partition coefficient (Wildman–Crippen LogP) is 3.33. The minimum Gasteiger partial charge on any atom is -0.340 e. The van der Waals surface area contributed by atoms with E-state index in [2.05, 4.69) is 59.0 Å². The van der Waals surface area contributed by atoms with Crippen LogP contribution >= 0.6 is 0 Å². The first-order valence-electron chi connectivity index (χ1n) is 6.64. The van der Waals surface area contributed by atoms with Gasteiger partial charge in [-0.25, -0.2) is 0 Å². The van der Waals surface area contributed by atoms with Crippen molar-refractivity contribution in [2.24, 2.45) is 0 Å². The zero-order valence-electron chi connectivity index (χ0n) is 11.3. The minimum atomic E-state index is 0.653. The quantitative estimate of drug-likeness (QED) is 0.718.